The van der Waals surface area contributed by atoms with Gasteiger partial charge in [0.15, 0.2) is 0 Å². The zero-order chi connectivity index (χ0) is 95.3. The topological polar surface area (TPSA) is 347 Å². The van der Waals surface area contributed by atoms with Crippen molar-refractivity contribution >= 4 is 59.7 Å². The Morgan fingerprint density at radius 3 is 0.636 bits per heavy atom. The van der Waals surface area contributed by atoms with Gasteiger partial charge in [-0.15, -0.1) is 0 Å². The molecule has 22 heteroatoms. The highest BCUT2D eigenvalue weighted by Gasteiger charge is 2.17. The van der Waals surface area contributed by atoms with Gasteiger partial charge in [-0.3, -0.25) is 47.9 Å². The summed E-state index contributed by atoms with van der Waals surface area (Å²) in [4.78, 5) is 114. The van der Waals surface area contributed by atoms with E-state index < -0.39 is 23.9 Å². The van der Waals surface area contributed by atoms with Crippen LogP contribution in [0.2, 0.25) is 0 Å². The first kappa shape index (κ1) is 127. The number of allylic oxidation sites excluding steroid dienone is 4. The van der Waals surface area contributed by atoms with Crippen LogP contribution < -0.4 is 0 Å². The third-order valence-corrected chi connectivity index (χ3v) is 22.9. The van der Waals surface area contributed by atoms with Crippen molar-refractivity contribution in [1.82, 2.24) is 0 Å². The lowest BCUT2D eigenvalue weighted by Gasteiger charge is -2.16. The van der Waals surface area contributed by atoms with Gasteiger partial charge in [0.1, 0.15) is 12.2 Å². The molecule has 6 N–H and O–H groups in total. The van der Waals surface area contributed by atoms with Gasteiger partial charge in [0, 0.05) is 77.0 Å². The molecule has 0 spiro atoms. The lowest BCUT2D eigenvalue weighted by molar-refractivity contribution is -0.150. The molecule has 0 amide bonds. The molecule has 0 aliphatic heterocycles. The molecule has 0 radical (unpaired) electrons. The lowest BCUT2D eigenvalue weighted by Crippen LogP contribution is -2.18. The van der Waals surface area contributed by atoms with Gasteiger partial charge in [-0.1, -0.05) is 320 Å². The number of carboxylic acid groups (broad SMARTS) is 4. The van der Waals surface area contributed by atoms with Crippen molar-refractivity contribution in [3.8, 4) is 0 Å². The molecule has 0 saturated carbocycles. The molecule has 0 fully saturated rings. The van der Waals surface area contributed by atoms with Gasteiger partial charge >= 0.3 is 59.7 Å². The predicted molar refractivity (Wildman–Crippen MR) is 521 cm³/mol. The Hall–Kier alpha value is -6.42. The van der Waals surface area contributed by atoms with Crippen molar-refractivity contribution < 1.29 is 107 Å². The van der Waals surface area contributed by atoms with Crippen molar-refractivity contribution in [3.05, 3.63) is 48.6 Å². The molecule has 0 heterocycles. The first-order valence-corrected chi connectivity index (χ1v) is 52.5. The number of ether oxygens (including phenoxy) is 6. The number of carbonyl (C=O) groups excluding carboxylic acids is 6. The number of aliphatic hydroxyl groups is 2. The predicted octanol–water partition coefficient (Wildman–Crippen LogP) is 28.4. The van der Waals surface area contributed by atoms with Crippen LogP contribution in [-0.4, -0.2) is 141 Å². The average molecular weight is 1830 g/mol. The SMILES string of the molecule is CCCCCCC(C/C=C\CCCCCCCC(=O)OCCCCCCCCCCOC(=O)CCCCCCC/C=C/CC(CCCCCC)OC(=O)CCCC(=O)O)OC(=O)CCCC(=O)O.CCCCCCC(O)C/C=C\CCCCCCCC(=O)OCCCCCCCCCCOC(=O)CCCCCCC/C=C/CC(O)CCCCCC.O=C(O)CCCC(=O)O. The van der Waals surface area contributed by atoms with Crippen LogP contribution in [0.1, 0.15) is 522 Å². The smallest absolute Gasteiger partial charge is 0.306 e. The van der Waals surface area contributed by atoms with Crippen LogP contribution in [-0.2, 0) is 76.4 Å². The quantitative estimate of drug-likeness (QED) is 0.0143. The Balaban J connectivity index is -0.00000230. The number of carboxylic acids is 4. The molecular weight excluding hydrogens is 1640 g/mol. The van der Waals surface area contributed by atoms with E-state index in [4.69, 9.17) is 48.8 Å². The summed E-state index contributed by atoms with van der Waals surface area (Å²) >= 11 is 0. The highest BCUT2D eigenvalue weighted by atomic mass is 16.6. The Morgan fingerprint density at radius 1 is 0.202 bits per heavy atom. The van der Waals surface area contributed by atoms with Crippen molar-refractivity contribution in [2.75, 3.05) is 26.4 Å². The number of esters is 6. The summed E-state index contributed by atoms with van der Waals surface area (Å²) < 4.78 is 33.1. The maximum atomic E-state index is 12.2. The molecule has 129 heavy (non-hydrogen) atoms. The molecule has 0 aromatic carbocycles. The number of aliphatic hydroxyl groups excluding tert-OH is 2. The van der Waals surface area contributed by atoms with Gasteiger partial charge in [-0.25, -0.2) is 0 Å². The summed E-state index contributed by atoms with van der Waals surface area (Å²) in [6, 6.07) is 0. The zero-order valence-electron chi connectivity index (χ0n) is 82.4. The second-order valence-corrected chi connectivity index (χ2v) is 35.7. The normalized spacial score (nSPS) is 12.3. The fraction of sp³-hybridized carbons (Fsp3) is 0.832. The Bertz CT molecular complexity index is 2530. The summed E-state index contributed by atoms with van der Waals surface area (Å²) in [5.41, 5.74) is 0. The maximum absolute atomic E-state index is 12.2. The zero-order valence-corrected chi connectivity index (χ0v) is 82.4. The number of carbonyl (C=O) groups is 10. The van der Waals surface area contributed by atoms with Gasteiger partial charge in [0.05, 0.1) is 38.6 Å². The van der Waals surface area contributed by atoms with E-state index in [0.717, 1.165) is 270 Å². The van der Waals surface area contributed by atoms with E-state index in [1.54, 1.807) is 0 Å². The molecule has 752 valence electrons. The fourth-order valence-corrected chi connectivity index (χ4v) is 14.8. The van der Waals surface area contributed by atoms with Crippen molar-refractivity contribution in [2.45, 2.75) is 547 Å². The molecule has 0 aliphatic carbocycles. The first-order valence-electron chi connectivity index (χ1n) is 52.5. The minimum Gasteiger partial charge on any atom is -0.481 e. The van der Waals surface area contributed by atoms with Crippen molar-refractivity contribution in [3.63, 3.8) is 0 Å². The summed E-state index contributed by atoms with van der Waals surface area (Å²) in [5, 5.41) is 53.7. The number of aliphatic carboxylic acids is 4. The van der Waals surface area contributed by atoms with Crippen LogP contribution in [0.5, 0.6) is 0 Å². The van der Waals surface area contributed by atoms with Crippen LogP contribution in [0, 0.1) is 0 Å². The van der Waals surface area contributed by atoms with Crippen LogP contribution in [0.3, 0.4) is 0 Å². The van der Waals surface area contributed by atoms with Gasteiger partial charge in [-0.05, 0) is 173 Å². The van der Waals surface area contributed by atoms with Crippen LogP contribution in [0.4, 0.5) is 0 Å². The second kappa shape index (κ2) is 104. The summed E-state index contributed by atoms with van der Waals surface area (Å²) in [6.07, 6.45) is 87.8. The Morgan fingerprint density at radius 2 is 0.395 bits per heavy atom. The summed E-state index contributed by atoms with van der Waals surface area (Å²) in [7, 11) is 0. The number of rotatable bonds is 96. The van der Waals surface area contributed by atoms with Crippen molar-refractivity contribution in [2.24, 2.45) is 0 Å². The van der Waals surface area contributed by atoms with E-state index in [9.17, 15) is 58.2 Å². The number of hydrogen-bond acceptors (Lipinski definition) is 18. The van der Waals surface area contributed by atoms with E-state index in [1.165, 1.54) is 128 Å². The van der Waals surface area contributed by atoms with Crippen LogP contribution in [0.15, 0.2) is 48.6 Å². The minimum atomic E-state index is -0.948. The van der Waals surface area contributed by atoms with Crippen LogP contribution in [0.25, 0.3) is 0 Å². The Labute approximate surface area is 784 Å². The number of hydrogen-bond donors (Lipinski definition) is 6. The molecule has 0 aromatic rings. The van der Waals surface area contributed by atoms with Crippen LogP contribution >= 0.6 is 0 Å². The first-order chi connectivity index (χ1) is 62.7. The van der Waals surface area contributed by atoms with Gasteiger partial charge in [-0.2, -0.15) is 0 Å². The molecule has 4 atom stereocenters. The summed E-state index contributed by atoms with van der Waals surface area (Å²) in [5.74, 6) is -4.58. The minimum absolute atomic E-state index is 0.0173. The largest absolute Gasteiger partial charge is 0.481 e. The summed E-state index contributed by atoms with van der Waals surface area (Å²) in [6.45, 7) is 10.9. The second-order valence-electron chi connectivity index (χ2n) is 35.7. The van der Waals surface area contributed by atoms with Crippen molar-refractivity contribution in [1.29, 1.82) is 0 Å². The molecule has 4 unspecified atom stereocenters. The van der Waals surface area contributed by atoms with Gasteiger partial charge in [0.25, 0.3) is 0 Å². The van der Waals surface area contributed by atoms with E-state index in [0.29, 0.717) is 77.8 Å². The maximum Gasteiger partial charge on any atom is 0.306 e. The highest BCUT2D eigenvalue weighted by molar-refractivity contribution is 5.73. The standard InChI is InChI=1S/C56H98O12.C46H86O6.C5H8O4/c1-3-5-7-27-37-49(67-55(63)45-35-41-51(57)58)39-29-21-15-9-11-17-23-31-43-53(61)65-47-33-25-19-13-14-20-26-34-48-66-54(62)44-32-24-18-12-10-16-22-30-40-50(38-28-8-6-4-2)68-56(64)46-36-42-52(59)60;1-3-5-7-27-35-43(47)37-29-21-15-9-11-17-23-31-39-45(49)51-41-33-25-19-13-14-20-26-34-42-52-46(50)40-32-24-18-12-10-16-22-30-38-44(48)36-28-8-6-4-2;6-4(7)2-1-3-5(8)9/h21-22,29-30,49-50H,3-20,23-28,31-48H2,1-2H3,(H,57,58)(H,59,60);21-22,29-30,43-44,47-48H,3-20,23-28,31-42H2,1-2H3;1-3H2,(H,6,7)(H,8,9)/b2*29-21-,30-22+;. The molecule has 0 aromatic heterocycles. The molecule has 0 rings (SSSR count). The van der Waals surface area contributed by atoms with Gasteiger partial charge < -0.3 is 59.1 Å². The molecule has 0 aliphatic rings. The van der Waals surface area contributed by atoms with Gasteiger partial charge in [0.2, 0.25) is 0 Å². The fourth-order valence-electron chi connectivity index (χ4n) is 14.8. The van der Waals surface area contributed by atoms with E-state index in [2.05, 4.69) is 76.3 Å². The molecule has 0 bridgehead atoms. The average Bonchev–Trinajstić information content (AvgIpc) is 0.959. The lowest BCUT2D eigenvalue weighted by atomic mass is 10.1. The van der Waals surface area contributed by atoms with E-state index in [1.807, 2.05) is 0 Å². The Kier molecular flexibility index (Phi) is 102. The third-order valence-electron chi connectivity index (χ3n) is 22.9. The highest BCUT2D eigenvalue weighted by Crippen LogP contribution is 2.21. The molecular formula is C107H192O22. The molecule has 22 nitrogen and oxygen atoms in total. The van der Waals surface area contributed by atoms with E-state index in [-0.39, 0.29) is 105 Å². The monoisotopic (exact) mass is 1830 g/mol. The van der Waals surface area contributed by atoms with E-state index >= 15 is 0 Å². The molecule has 0 saturated heterocycles. The number of unbranched alkanes of at least 4 members (excludes halogenated alkanes) is 46. The third kappa shape index (κ3) is 110.